The quantitative estimate of drug-likeness (QED) is 0.584. The first kappa shape index (κ1) is 20.4. The summed E-state index contributed by atoms with van der Waals surface area (Å²) in [7, 11) is 0. The summed E-state index contributed by atoms with van der Waals surface area (Å²) in [6, 6.07) is 0. The molecule has 0 atom stereocenters. The molecule has 0 N–H and O–H groups in total. The van der Waals surface area contributed by atoms with Crippen LogP contribution in [0.2, 0.25) is 0 Å². The van der Waals surface area contributed by atoms with Gasteiger partial charge in [-0.15, -0.1) is 0 Å². The predicted octanol–water partition coefficient (Wildman–Crippen LogP) is -1.19. The number of halogens is 2. The van der Waals surface area contributed by atoms with Crippen molar-refractivity contribution < 1.29 is 49.8 Å². The molecule has 2 rings (SSSR count). The summed E-state index contributed by atoms with van der Waals surface area (Å²) in [5.41, 5.74) is 5.96. The van der Waals surface area contributed by atoms with Gasteiger partial charge in [0.2, 0.25) is 0 Å². The summed E-state index contributed by atoms with van der Waals surface area (Å²) in [5, 5.41) is 0. The third-order valence-corrected chi connectivity index (χ3v) is 11.1. The third kappa shape index (κ3) is 3.97. The summed E-state index contributed by atoms with van der Waals surface area (Å²) in [6.07, 6.45) is 7.02. The van der Waals surface area contributed by atoms with Gasteiger partial charge in [-0.25, -0.2) is 0 Å². The summed E-state index contributed by atoms with van der Waals surface area (Å²) in [4.78, 5) is 0. The van der Waals surface area contributed by atoms with E-state index in [1.807, 2.05) is 0 Å². The van der Waals surface area contributed by atoms with E-state index in [0.717, 1.165) is 19.4 Å². The number of hydrogen-bond donors (Lipinski definition) is 0. The second-order valence-electron chi connectivity index (χ2n) is 5.15. The minimum absolute atomic E-state index is 0. The van der Waals surface area contributed by atoms with Crippen LogP contribution in [0.25, 0.3) is 0 Å². The number of hydrogen-bond acceptors (Lipinski definition) is 1. The van der Waals surface area contributed by atoms with E-state index in [2.05, 4.69) is 46.8 Å². The fourth-order valence-electron chi connectivity index (χ4n) is 2.63. The molecule has 0 unspecified atom stereocenters. The van der Waals surface area contributed by atoms with Crippen molar-refractivity contribution in [3.05, 3.63) is 41.0 Å². The summed E-state index contributed by atoms with van der Waals surface area (Å²) >= 11 is -2.03. The molecule has 0 heterocycles. The zero-order valence-corrected chi connectivity index (χ0v) is 16.9. The molecule has 0 spiro atoms. The maximum absolute atomic E-state index is 6.26. The van der Waals surface area contributed by atoms with Gasteiger partial charge >= 0.3 is 120 Å². The van der Waals surface area contributed by atoms with Crippen LogP contribution in [0.15, 0.2) is 41.0 Å². The maximum atomic E-state index is 6.26. The molecule has 0 aromatic rings. The number of rotatable bonds is 4. The minimum atomic E-state index is -2.03. The fourth-order valence-corrected chi connectivity index (χ4v) is 9.14. The SMILES string of the molecule is CC[O][Zr+2]([C]1=C(C)C(C)=CC1)[C]1=C(C)C(C)=CC1.[Cl-].[Cl-]. The maximum Gasteiger partial charge on any atom is -1.00 e. The molecule has 0 saturated heterocycles. The van der Waals surface area contributed by atoms with Gasteiger partial charge in [0.25, 0.3) is 0 Å². The van der Waals surface area contributed by atoms with Crippen LogP contribution in [0.5, 0.6) is 0 Å². The van der Waals surface area contributed by atoms with E-state index in [0.29, 0.717) is 0 Å². The molecule has 20 heavy (non-hydrogen) atoms. The Kier molecular flexibility index (Phi) is 8.90. The van der Waals surface area contributed by atoms with Gasteiger partial charge in [0.1, 0.15) is 0 Å². The molecule has 0 aromatic heterocycles. The van der Waals surface area contributed by atoms with E-state index >= 15 is 0 Å². The van der Waals surface area contributed by atoms with Crippen LogP contribution >= 0.6 is 0 Å². The Morgan fingerprint density at radius 1 is 0.900 bits per heavy atom. The van der Waals surface area contributed by atoms with Gasteiger partial charge in [0.15, 0.2) is 0 Å². The molecule has 2 aliphatic rings. The largest absolute Gasteiger partial charge is 1.00 e. The summed E-state index contributed by atoms with van der Waals surface area (Å²) < 4.78 is 9.58. The molecule has 0 radical (unpaired) electrons. The van der Waals surface area contributed by atoms with Gasteiger partial charge in [-0.2, -0.15) is 0 Å². The van der Waals surface area contributed by atoms with Gasteiger partial charge in [-0.3, -0.25) is 0 Å². The van der Waals surface area contributed by atoms with Crippen molar-refractivity contribution in [2.24, 2.45) is 0 Å². The van der Waals surface area contributed by atoms with E-state index in [9.17, 15) is 0 Å². The van der Waals surface area contributed by atoms with E-state index in [1.165, 1.54) is 22.3 Å². The fraction of sp³-hybridized carbons (Fsp3) is 0.500. The van der Waals surface area contributed by atoms with Gasteiger partial charge < -0.3 is 24.8 Å². The first-order valence-electron chi connectivity index (χ1n) is 6.80. The Labute approximate surface area is 144 Å². The average molecular weight is 393 g/mol. The van der Waals surface area contributed by atoms with E-state index in [-0.39, 0.29) is 24.8 Å². The third-order valence-electron chi connectivity index (χ3n) is 4.15. The van der Waals surface area contributed by atoms with Crippen LogP contribution in [-0.4, -0.2) is 6.61 Å². The molecular formula is C16H23Cl2OZr. The van der Waals surface area contributed by atoms with E-state index in [1.54, 1.807) is 6.56 Å². The summed E-state index contributed by atoms with van der Waals surface area (Å²) in [6.45, 7) is 12.0. The summed E-state index contributed by atoms with van der Waals surface area (Å²) in [5.74, 6) is 0. The first-order valence-corrected chi connectivity index (χ1v) is 10.3. The van der Waals surface area contributed by atoms with E-state index < -0.39 is 22.2 Å². The molecule has 0 aliphatic heterocycles. The van der Waals surface area contributed by atoms with Gasteiger partial charge in [0, 0.05) is 0 Å². The van der Waals surface area contributed by atoms with Crippen molar-refractivity contribution >= 4 is 0 Å². The smallest absolute Gasteiger partial charge is 1.00 e. The zero-order valence-electron chi connectivity index (χ0n) is 12.9. The Morgan fingerprint density at radius 3 is 1.55 bits per heavy atom. The molecule has 0 amide bonds. The molecule has 2 aliphatic carbocycles. The average Bonchev–Trinajstić information content (AvgIpc) is 2.84. The minimum Gasteiger partial charge on any atom is -1.00 e. The molecule has 4 heteroatoms. The Morgan fingerprint density at radius 2 is 1.30 bits per heavy atom. The van der Waals surface area contributed by atoms with E-state index in [4.69, 9.17) is 2.81 Å². The number of allylic oxidation sites excluding steroid dienone is 8. The van der Waals surface area contributed by atoms with Crippen molar-refractivity contribution in [1.29, 1.82) is 0 Å². The second-order valence-corrected chi connectivity index (χ2v) is 10.4. The van der Waals surface area contributed by atoms with Gasteiger partial charge in [-0.1, -0.05) is 0 Å². The Bertz CT molecular complexity index is 445. The standard InChI is InChI=1S/2C7H9.C2H5O.2ClH.Zr/c2*1-6-4-3-5-7(6)2;1-2-3;;;/h2*4H,3H2,1-2H3;2H2,1H3;2*1H;/q;;-1;;;+3/p-2. The van der Waals surface area contributed by atoms with Crippen LogP contribution in [-0.2, 0) is 25.0 Å². The molecule has 111 valence electrons. The van der Waals surface area contributed by atoms with Crippen molar-refractivity contribution in [3.8, 4) is 0 Å². The molecule has 0 bridgehead atoms. The Hall–Kier alpha value is 0.383. The molecular weight excluding hydrogens is 370 g/mol. The monoisotopic (exact) mass is 391 g/mol. The Balaban J connectivity index is 0.00000180. The molecule has 0 aromatic carbocycles. The van der Waals surface area contributed by atoms with Crippen LogP contribution in [0, 0.1) is 0 Å². The van der Waals surface area contributed by atoms with Crippen molar-refractivity contribution in [2.45, 2.75) is 47.5 Å². The molecule has 0 fully saturated rings. The zero-order chi connectivity index (χ0) is 13.3. The van der Waals surface area contributed by atoms with Crippen molar-refractivity contribution in [3.63, 3.8) is 0 Å². The van der Waals surface area contributed by atoms with Crippen molar-refractivity contribution in [1.82, 2.24) is 0 Å². The van der Waals surface area contributed by atoms with Crippen molar-refractivity contribution in [2.75, 3.05) is 6.61 Å². The predicted molar refractivity (Wildman–Crippen MR) is 73.8 cm³/mol. The second kappa shape index (κ2) is 8.74. The van der Waals surface area contributed by atoms with Crippen LogP contribution in [0.3, 0.4) is 0 Å². The van der Waals surface area contributed by atoms with Gasteiger partial charge in [0.05, 0.1) is 0 Å². The molecule has 0 saturated carbocycles. The topological polar surface area (TPSA) is 9.23 Å². The normalized spacial score (nSPS) is 17.6. The van der Waals surface area contributed by atoms with Crippen LogP contribution < -0.4 is 24.8 Å². The molecule has 1 nitrogen and oxygen atoms in total. The van der Waals surface area contributed by atoms with Gasteiger partial charge in [-0.05, 0) is 0 Å². The van der Waals surface area contributed by atoms with Crippen LogP contribution in [0.1, 0.15) is 47.5 Å². The first-order chi connectivity index (χ1) is 8.56. The van der Waals surface area contributed by atoms with Crippen LogP contribution in [0.4, 0.5) is 0 Å².